The minimum Gasteiger partial charge on any atom is -0.106 e. The lowest BCUT2D eigenvalue weighted by molar-refractivity contribution is 0.660. The molecule has 0 aliphatic heterocycles. The molecule has 1 aliphatic rings. The van der Waals surface area contributed by atoms with Crippen molar-refractivity contribution in [3.8, 4) is 0 Å². The van der Waals surface area contributed by atoms with Gasteiger partial charge in [0.2, 0.25) is 0 Å². The SMILES string of the molecule is C=C.C=CC(=C)C1CCCC1.CC. The highest BCUT2D eigenvalue weighted by molar-refractivity contribution is 5.15. The topological polar surface area (TPSA) is 0 Å². The largest absolute Gasteiger partial charge is 0.106 e. The van der Waals surface area contributed by atoms with Crippen LogP contribution >= 0.6 is 0 Å². The molecular weight excluding hydrogens is 156 g/mol. The molecule has 0 aromatic carbocycles. The molecule has 0 bridgehead atoms. The highest BCUT2D eigenvalue weighted by Crippen LogP contribution is 2.30. The maximum absolute atomic E-state index is 3.94. The van der Waals surface area contributed by atoms with Gasteiger partial charge in [-0.25, -0.2) is 0 Å². The molecule has 13 heavy (non-hydrogen) atoms. The molecule has 1 rings (SSSR count). The van der Waals surface area contributed by atoms with Crippen LogP contribution in [0.15, 0.2) is 38.0 Å². The third-order valence-electron chi connectivity index (χ3n) is 2.14. The fourth-order valence-electron chi connectivity index (χ4n) is 1.46. The Morgan fingerprint density at radius 1 is 1.15 bits per heavy atom. The third kappa shape index (κ3) is 6.39. The normalized spacial score (nSPS) is 14.6. The first-order valence-electron chi connectivity index (χ1n) is 5.16. The van der Waals surface area contributed by atoms with Crippen molar-refractivity contribution >= 4 is 0 Å². The van der Waals surface area contributed by atoms with E-state index >= 15 is 0 Å². The molecular formula is C13H24. The van der Waals surface area contributed by atoms with Gasteiger partial charge in [-0.2, -0.15) is 0 Å². The molecule has 76 valence electrons. The maximum atomic E-state index is 3.94. The van der Waals surface area contributed by atoms with Crippen LogP contribution < -0.4 is 0 Å². The van der Waals surface area contributed by atoms with Crippen LogP contribution in [0.5, 0.6) is 0 Å². The van der Waals surface area contributed by atoms with Crippen molar-refractivity contribution in [2.45, 2.75) is 39.5 Å². The summed E-state index contributed by atoms with van der Waals surface area (Å²) in [6.07, 6.45) is 7.35. The molecule has 0 spiro atoms. The van der Waals surface area contributed by atoms with E-state index in [1.54, 1.807) is 0 Å². The number of allylic oxidation sites excluding steroid dienone is 2. The minimum absolute atomic E-state index is 0.766. The zero-order valence-electron chi connectivity index (χ0n) is 9.31. The zero-order chi connectivity index (χ0) is 10.7. The molecule has 1 aliphatic carbocycles. The molecule has 0 heterocycles. The fourth-order valence-corrected chi connectivity index (χ4v) is 1.46. The van der Waals surface area contributed by atoms with Gasteiger partial charge in [-0.05, 0) is 18.8 Å². The van der Waals surface area contributed by atoms with Crippen molar-refractivity contribution in [2.24, 2.45) is 5.92 Å². The van der Waals surface area contributed by atoms with E-state index in [9.17, 15) is 0 Å². The summed E-state index contributed by atoms with van der Waals surface area (Å²) in [6, 6.07) is 0. The number of hydrogen-bond donors (Lipinski definition) is 0. The van der Waals surface area contributed by atoms with Gasteiger partial charge >= 0.3 is 0 Å². The van der Waals surface area contributed by atoms with Crippen LogP contribution in [0.25, 0.3) is 0 Å². The van der Waals surface area contributed by atoms with Crippen molar-refractivity contribution in [1.82, 2.24) is 0 Å². The Hall–Kier alpha value is -0.780. The Kier molecular flexibility index (Phi) is 12.7. The second kappa shape index (κ2) is 11.2. The van der Waals surface area contributed by atoms with Crippen molar-refractivity contribution in [1.29, 1.82) is 0 Å². The number of hydrogen-bond acceptors (Lipinski definition) is 0. The van der Waals surface area contributed by atoms with Crippen molar-refractivity contribution in [3.05, 3.63) is 38.0 Å². The van der Waals surface area contributed by atoms with E-state index in [-0.39, 0.29) is 0 Å². The minimum atomic E-state index is 0.766. The lowest BCUT2D eigenvalue weighted by Crippen LogP contribution is -1.92. The monoisotopic (exact) mass is 180 g/mol. The van der Waals surface area contributed by atoms with E-state index in [2.05, 4.69) is 26.3 Å². The fraction of sp³-hybridized carbons (Fsp3) is 0.538. The summed E-state index contributed by atoms with van der Waals surface area (Å²) in [5, 5.41) is 0. The predicted octanol–water partition coefficient (Wildman–Crippen LogP) is 4.75. The van der Waals surface area contributed by atoms with Crippen LogP contribution in [0.1, 0.15) is 39.5 Å². The molecule has 1 fully saturated rings. The first kappa shape index (κ1) is 14.7. The molecule has 0 saturated heterocycles. The molecule has 0 atom stereocenters. The Morgan fingerprint density at radius 2 is 1.54 bits per heavy atom. The Bertz CT molecular complexity index is 127. The van der Waals surface area contributed by atoms with Gasteiger partial charge in [0.05, 0.1) is 0 Å². The quantitative estimate of drug-likeness (QED) is 0.425. The van der Waals surface area contributed by atoms with Crippen LogP contribution in [0, 0.1) is 5.92 Å². The summed E-state index contributed by atoms with van der Waals surface area (Å²) in [4.78, 5) is 0. The lowest BCUT2D eigenvalue weighted by atomic mass is 10.00. The van der Waals surface area contributed by atoms with E-state index in [4.69, 9.17) is 0 Å². The van der Waals surface area contributed by atoms with Crippen LogP contribution in [0.3, 0.4) is 0 Å². The van der Waals surface area contributed by atoms with Gasteiger partial charge in [-0.15, -0.1) is 13.2 Å². The molecule has 0 amide bonds. The second-order valence-corrected chi connectivity index (χ2v) is 2.76. The van der Waals surface area contributed by atoms with E-state index in [1.165, 1.54) is 31.3 Å². The van der Waals surface area contributed by atoms with Gasteiger partial charge in [-0.3, -0.25) is 0 Å². The van der Waals surface area contributed by atoms with Crippen molar-refractivity contribution in [3.63, 3.8) is 0 Å². The van der Waals surface area contributed by atoms with E-state index < -0.39 is 0 Å². The smallest absolute Gasteiger partial charge is 0.0168 e. The van der Waals surface area contributed by atoms with Gasteiger partial charge < -0.3 is 0 Å². The maximum Gasteiger partial charge on any atom is -0.0168 e. The molecule has 1 saturated carbocycles. The molecule has 0 heteroatoms. The van der Waals surface area contributed by atoms with E-state index in [1.807, 2.05) is 19.9 Å². The summed E-state index contributed by atoms with van der Waals surface area (Å²) in [5.41, 5.74) is 1.24. The zero-order valence-corrected chi connectivity index (χ0v) is 9.31. The molecule has 0 aromatic rings. The summed E-state index contributed by atoms with van der Waals surface area (Å²) < 4.78 is 0. The molecule has 0 N–H and O–H groups in total. The van der Waals surface area contributed by atoms with Gasteiger partial charge in [0.25, 0.3) is 0 Å². The van der Waals surface area contributed by atoms with Gasteiger partial charge in [0, 0.05) is 0 Å². The summed E-state index contributed by atoms with van der Waals surface area (Å²) in [7, 11) is 0. The Balaban J connectivity index is 0. The van der Waals surface area contributed by atoms with Gasteiger partial charge in [-0.1, -0.05) is 51.5 Å². The average molecular weight is 180 g/mol. The van der Waals surface area contributed by atoms with Crippen molar-refractivity contribution < 1.29 is 0 Å². The lowest BCUT2D eigenvalue weighted by Gasteiger charge is -2.06. The molecule has 0 radical (unpaired) electrons. The van der Waals surface area contributed by atoms with E-state index in [0.29, 0.717) is 0 Å². The number of rotatable bonds is 2. The van der Waals surface area contributed by atoms with Crippen LogP contribution in [-0.2, 0) is 0 Å². The third-order valence-corrected chi connectivity index (χ3v) is 2.14. The Morgan fingerprint density at radius 3 is 1.85 bits per heavy atom. The first-order chi connectivity index (χ1) is 6.34. The van der Waals surface area contributed by atoms with Crippen LogP contribution in [-0.4, -0.2) is 0 Å². The summed E-state index contributed by atoms with van der Waals surface area (Å²) >= 11 is 0. The van der Waals surface area contributed by atoms with Crippen molar-refractivity contribution in [2.75, 3.05) is 0 Å². The average Bonchev–Trinajstić information content (AvgIpc) is 2.76. The second-order valence-electron chi connectivity index (χ2n) is 2.76. The predicted molar refractivity (Wildman–Crippen MR) is 63.9 cm³/mol. The molecule has 0 nitrogen and oxygen atoms in total. The van der Waals surface area contributed by atoms with Crippen LogP contribution in [0.2, 0.25) is 0 Å². The standard InChI is InChI=1S/C9H14.C2H6.C2H4/c1-3-8(2)9-6-4-5-7-9;2*1-2/h3,9H,1-2,4-7H2;1-2H3;1-2H2. The molecule has 0 unspecified atom stereocenters. The van der Waals surface area contributed by atoms with E-state index in [0.717, 1.165) is 5.92 Å². The summed E-state index contributed by atoms with van der Waals surface area (Å²) in [5.74, 6) is 0.766. The van der Waals surface area contributed by atoms with Gasteiger partial charge in [0.15, 0.2) is 0 Å². The van der Waals surface area contributed by atoms with Crippen LogP contribution in [0.4, 0.5) is 0 Å². The first-order valence-corrected chi connectivity index (χ1v) is 5.16. The molecule has 0 aromatic heterocycles. The van der Waals surface area contributed by atoms with Gasteiger partial charge in [0.1, 0.15) is 0 Å². The summed E-state index contributed by atoms with van der Waals surface area (Å²) in [6.45, 7) is 17.6. The highest BCUT2D eigenvalue weighted by atomic mass is 14.2. The highest BCUT2D eigenvalue weighted by Gasteiger charge is 2.15. The Labute approximate surface area is 84.1 Å².